The van der Waals surface area contributed by atoms with Crippen molar-refractivity contribution in [1.29, 1.82) is 0 Å². The van der Waals surface area contributed by atoms with E-state index in [2.05, 4.69) is 129 Å². The summed E-state index contributed by atoms with van der Waals surface area (Å²) in [6.07, 6.45) is 96.7. The van der Waals surface area contributed by atoms with Gasteiger partial charge in [-0.25, -0.2) is 0 Å². The van der Waals surface area contributed by atoms with Crippen LogP contribution in [0.1, 0.15) is 290 Å². The van der Waals surface area contributed by atoms with Gasteiger partial charge in [-0.1, -0.05) is 309 Å². The number of unbranched alkanes of at least 4 members (excludes halogenated alkanes) is 31. The van der Waals surface area contributed by atoms with Crippen molar-refractivity contribution in [2.75, 3.05) is 6.61 Å². The SMILES string of the molecule is CC/C=C\C/C=C\C/C=C\C/C=C\C/C=C\C/C=C\C/C=C\C/C=C\CCCCCCC(=O)NC(CO)C(O)/C=C/CC/C=C/CCCCCCCCCCCCCCCCCCCCCCCCCCCC. The Kier molecular flexibility index (Phi) is 60.3. The highest BCUT2D eigenvalue weighted by Gasteiger charge is 2.18. The molecule has 0 aromatic heterocycles. The predicted molar refractivity (Wildman–Crippen MR) is 326 cm³/mol. The van der Waals surface area contributed by atoms with Gasteiger partial charge in [0.25, 0.3) is 0 Å². The molecule has 0 saturated carbocycles. The quantitative estimate of drug-likeness (QED) is 0.0420. The molecule has 2 atom stereocenters. The molecule has 4 heteroatoms. The zero-order chi connectivity index (χ0) is 52.7. The molecular weight excluding hydrogens is 891 g/mol. The number of aliphatic hydroxyl groups is 2. The summed E-state index contributed by atoms with van der Waals surface area (Å²) < 4.78 is 0. The van der Waals surface area contributed by atoms with Crippen molar-refractivity contribution in [3.8, 4) is 0 Å². The van der Waals surface area contributed by atoms with Crippen LogP contribution in [-0.2, 0) is 4.79 Å². The van der Waals surface area contributed by atoms with Gasteiger partial charge in [-0.2, -0.15) is 0 Å². The van der Waals surface area contributed by atoms with Crippen LogP contribution in [0.2, 0.25) is 0 Å². The van der Waals surface area contributed by atoms with Gasteiger partial charge in [0.1, 0.15) is 0 Å². The van der Waals surface area contributed by atoms with E-state index in [0.29, 0.717) is 6.42 Å². The highest BCUT2D eigenvalue weighted by Crippen LogP contribution is 2.17. The Labute approximate surface area is 454 Å². The minimum Gasteiger partial charge on any atom is -0.394 e. The number of carbonyl (C=O) groups excluding carboxylic acids is 1. The first-order chi connectivity index (χ1) is 36.2. The molecule has 0 rings (SSSR count). The van der Waals surface area contributed by atoms with Gasteiger partial charge in [-0.3, -0.25) is 4.79 Å². The molecule has 2 unspecified atom stereocenters. The van der Waals surface area contributed by atoms with Crippen LogP contribution >= 0.6 is 0 Å². The molecule has 0 bridgehead atoms. The second-order valence-electron chi connectivity index (χ2n) is 20.7. The van der Waals surface area contributed by atoms with Crippen molar-refractivity contribution in [3.63, 3.8) is 0 Å². The third kappa shape index (κ3) is 59.5. The Morgan fingerprint density at radius 2 is 0.616 bits per heavy atom. The summed E-state index contributed by atoms with van der Waals surface area (Å²) in [5.74, 6) is -0.101. The van der Waals surface area contributed by atoms with Gasteiger partial charge in [0.05, 0.1) is 18.8 Å². The van der Waals surface area contributed by atoms with Gasteiger partial charge in [-0.05, 0) is 96.3 Å². The molecular formula is C69H119NO3. The van der Waals surface area contributed by atoms with Gasteiger partial charge < -0.3 is 15.5 Å². The number of allylic oxidation sites excluding steroid dienone is 19. The van der Waals surface area contributed by atoms with E-state index in [0.717, 1.165) is 103 Å². The van der Waals surface area contributed by atoms with Crippen LogP contribution in [0.5, 0.6) is 0 Å². The van der Waals surface area contributed by atoms with E-state index >= 15 is 0 Å². The number of rotatable bonds is 56. The summed E-state index contributed by atoms with van der Waals surface area (Å²) in [4.78, 5) is 12.5. The molecule has 0 aromatic carbocycles. The molecule has 0 heterocycles. The van der Waals surface area contributed by atoms with Crippen molar-refractivity contribution >= 4 is 5.91 Å². The summed E-state index contributed by atoms with van der Waals surface area (Å²) in [6.45, 7) is 4.19. The van der Waals surface area contributed by atoms with E-state index in [1.54, 1.807) is 6.08 Å². The molecule has 0 aliphatic rings. The molecule has 0 saturated heterocycles. The Hall–Kier alpha value is -3.21. The van der Waals surface area contributed by atoms with Crippen molar-refractivity contribution in [2.24, 2.45) is 0 Å². The zero-order valence-electron chi connectivity index (χ0n) is 48.1. The molecule has 73 heavy (non-hydrogen) atoms. The Morgan fingerprint density at radius 3 is 0.959 bits per heavy atom. The van der Waals surface area contributed by atoms with Crippen LogP contribution in [0, 0.1) is 0 Å². The van der Waals surface area contributed by atoms with Gasteiger partial charge in [0.2, 0.25) is 5.91 Å². The van der Waals surface area contributed by atoms with Crippen LogP contribution in [0.15, 0.2) is 122 Å². The van der Waals surface area contributed by atoms with E-state index < -0.39 is 12.1 Å². The Bertz CT molecular complexity index is 1420. The molecule has 1 amide bonds. The Balaban J connectivity index is 3.61. The standard InChI is InChI=1S/C69H119NO3/c1-3-5-7-9-11-13-15-17-19-21-23-25-27-29-31-33-34-35-37-38-40-42-44-46-48-50-52-54-56-58-60-62-64-68(72)67(66-71)70-69(73)65-63-61-59-57-55-53-51-49-47-45-43-41-39-36-32-30-28-26-24-22-20-18-16-14-12-10-8-6-4-2/h6,8,12,14,18,20,24,26,30,32,39,41,45,47,51,53-54,56,62,64,67-68,71-72H,3-5,7,9-11,13,15-17,19,21-23,25,27-29,31,33-38,40,42-44,46,48-50,52,55,57-61,63,65-66H2,1-2H3,(H,70,73)/b8-6-,14-12-,20-18-,26-24-,32-30-,41-39-,47-45-,53-51-,56-54+,64-62+. The lowest BCUT2D eigenvalue weighted by Gasteiger charge is -2.19. The third-order valence-electron chi connectivity index (χ3n) is 13.7. The first-order valence-electron chi connectivity index (χ1n) is 31.2. The first kappa shape index (κ1) is 69.8. The first-order valence-corrected chi connectivity index (χ1v) is 31.2. The van der Waals surface area contributed by atoms with Crippen molar-refractivity contribution in [1.82, 2.24) is 5.32 Å². The van der Waals surface area contributed by atoms with Crippen molar-refractivity contribution < 1.29 is 15.0 Å². The van der Waals surface area contributed by atoms with E-state index in [-0.39, 0.29) is 12.5 Å². The largest absolute Gasteiger partial charge is 0.394 e. The van der Waals surface area contributed by atoms with E-state index in [9.17, 15) is 15.0 Å². The van der Waals surface area contributed by atoms with Gasteiger partial charge in [0, 0.05) is 6.42 Å². The third-order valence-corrected chi connectivity index (χ3v) is 13.7. The average molecular weight is 1010 g/mol. The van der Waals surface area contributed by atoms with Gasteiger partial charge in [-0.15, -0.1) is 0 Å². The molecule has 0 aliphatic heterocycles. The fraction of sp³-hybridized carbons (Fsp3) is 0.696. The summed E-state index contributed by atoms with van der Waals surface area (Å²) in [6, 6.07) is -0.664. The summed E-state index contributed by atoms with van der Waals surface area (Å²) in [5.41, 5.74) is 0. The smallest absolute Gasteiger partial charge is 0.220 e. The predicted octanol–water partition coefficient (Wildman–Crippen LogP) is 21.2. The van der Waals surface area contributed by atoms with E-state index in [1.807, 2.05) is 6.08 Å². The lowest BCUT2D eigenvalue weighted by molar-refractivity contribution is -0.123. The van der Waals surface area contributed by atoms with Crippen molar-refractivity contribution in [2.45, 2.75) is 302 Å². The second-order valence-corrected chi connectivity index (χ2v) is 20.7. The second kappa shape index (κ2) is 63.1. The molecule has 418 valence electrons. The monoisotopic (exact) mass is 1010 g/mol. The number of carbonyl (C=O) groups is 1. The topological polar surface area (TPSA) is 69.6 Å². The average Bonchev–Trinajstić information content (AvgIpc) is 3.40. The maximum atomic E-state index is 12.5. The summed E-state index contributed by atoms with van der Waals surface area (Å²) in [5, 5.41) is 23.2. The highest BCUT2D eigenvalue weighted by molar-refractivity contribution is 5.76. The van der Waals surface area contributed by atoms with Gasteiger partial charge >= 0.3 is 0 Å². The maximum absolute atomic E-state index is 12.5. The normalized spacial score (nSPS) is 13.6. The van der Waals surface area contributed by atoms with Crippen molar-refractivity contribution in [3.05, 3.63) is 122 Å². The molecule has 0 aromatic rings. The summed E-state index contributed by atoms with van der Waals surface area (Å²) in [7, 11) is 0. The van der Waals surface area contributed by atoms with E-state index in [1.165, 1.54) is 167 Å². The lowest BCUT2D eigenvalue weighted by atomic mass is 10.0. The molecule has 0 aliphatic carbocycles. The maximum Gasteiger partial charge on any atom is 0.220 e. The lowest BCUT2D eigenvalue weighted by Crippen LogP contribution is -2.45. The summed E-state index contributed by atoms with van der Waals surface area (Å²) >= 11 is 0. The van der Waals surface area contributed by atoms with Crippen LogP contribution < -0.4 is 5.32 Å². The highest BCUT2D eigenvalue weighted by atomic mass is 16.3. The molecule has 0 spiro atoms. The van der Waals surface area contributed by atoms with Crippen LogP contribution in [0.3, 0.4) is 0 Å². The van der Waals surface area contributed by atoms with Crippen LogP contribution in [0.4, 0.5) is 0 Å². The van der Waals surface area contributed by atoms with Gasteiger partial charge in [0.15, 0.2) is 0 Å². The minimum absolute atomic E-state index is 0.101. The Morgan fingerprint density at radius 1 is 0.342 bits per heavy atom. The fourth-order valence-corrected chi connectivity index (χ4v) is 8.98. The van der Waals surface area contributed by atoms with Crippen LogP contribution in [-0.4, -0.2) is 34.9 Å². The molecule has 0 fully saturated rings. The molecule has 0 radical (unpaired) electrons. The number of aliphatic hydroxyl groups excluding tert-OH is 2. The van der Waals surface area contributed by atoms with E-state index in [4.69, 9.17) is 0 Å². The minimum atomic E-state index is -0.884. The number of hydrogen-bond acceptors (Lipinski definition) is 3. The van der Waals surface area contributed by atoms with Crippen LogP contribution in [0.25, 0.3) is 0 Å². The molecule has 3 N–H and O–H groups in total. The number of amides is 1. The number of hydrogen-bond donors (Lipinski definition) is 3. The number of nitrogens with one attached hydrogen (secondary N) is 1. The molecule has 4 nitrogen and oxygen atoms in total. The fourth-order valence-electron chi connectivity index (χ4n) is 8.98. The zero-order valence-corrected chi connectivity index (χ0v) is 48.1.